The number of nitrogen functional groups attached to an aromatic ring is 1. The standard InChI is InChI=1S/C17H20ClN3O6/c18-8-11(9-27-16(25)10-4-2-1-3-5-10)13(22)14(23)15(24)21-7-6-12(19)20-17(21)26/h1-7,11,13-15,22-24H,8-9H2,(H2,19,20,26)/t11-,13+,14+,15+/m0/s1. The zero-order chi connectivity index (χ0) is 20.0. The molecule has 0 aliphatic rings. The maximum Gasteiger partial charge on any atom is 0.351 e. The molecule has 0 aliphatic carbocycles. The van der Waals surface area contributed by atoms with Crippen LogP contribution in [0, 0.1) is 5.92 Å². The molecular formula is C17H20ClN3O6. The van der Waals surface area contributed by atoms with E-state index in [1.165, 1.54) is 6.07 Å². The lowest BCUT2D eigenvalue weighted by Gasteiger charge is -2.28. The summed E-state index contributed by atoms with van der Waals surface area (Å²) in [7, 11) is 0. The Kier molecular flexibility index (Phi) is 7.31. The van der Waals surface area contributed by atoms with Crippen molar-refractivity contribution in [2.24, 2.45) is 5.92 Å². The Morgan fingerprint density at radius 1 is 1.19 bits per heavy atom. The normalized spacial score (nSPS) is 15.6. The molecule has 10 heteroatoms. The number of carbonyl (C=O) groups is 1. The van der Waals surface area contributed by atoms with Crippen molar-refractivity contribution in [3.63, 3.8) is 0 Å². The Bertz CT molecular complexity index is 816. The number of halogens is 1. The summed E-state index contributed by atoms with van der Waals surface area (Å²) in [6, 6.07) is 9.46. The summed E-state index contributed by atoms with van der Waals surface area (Å²) in [5.74, 6) is -1.72. The molecule has 0 amide bonds. The molecule has 146 valence electrons. The molecule has 0 saturated carbocycles. The maximum atomic E-state index is 12.0. The van der Waals surface area contributed by atoms with E-state index in [4.69, 9.17) is 22.1 Å². The molecule has 0 radical (unpaired) electrons. The lowest BCUT2D eigenvalue weighted by Crippen LogP contribution is -2.44. The minimum atomic E-state index is -1.80. The number of ether oxygens (including phenoxy) is 1. The van der Waals surface area contributed by atoms with Crippen LogP contribution in [0.15, 0.2) is 47.4 Å². The Balaban J connectivity index is 2.03. The largest absolute Gasteiger partial charge is 0.462 e. The van der Waals surface area contributed by atoms with Gasteiger partial charge in [-0.15, -0.1) is 11.6 Å². The third-order valence-electron chi connectivity index (χ3n) is 3.91. The fourth-order valence-corrected chi connectivity index (χ4v) is 2.59. The predicted octanol–water partition coefficient (Wildman–Crippen LogP) is -0.250. The van der Waals surface area contributed by atoms with E-state index in [2.05, 4.69) is 4.98 Å². The van der Waals surface area contributed by atoms with Crippen molar-refractivity contribution in [2.45, 2.75) is 18.4 Å². The molecule has 0 unspecified atom stereocenters. The number of aromatic nitrogens is 2. The van der Waals surface area contributed by atoms with Crippen LogP contribution < -0.4 is 11.4 Å². The smallest absolute Gasteiger partial charge is 0.351 e. The quantitative estimate of drug-likeness (QED) is 0.352. The summed E-state index contributed by atoms with van der Waals surface area (Å²) in [6.45, 7) is -0.295. The van der Waals surface area contributed by atoms with Crippen LogP contribution in [-0.4, -0.2) is 55.5 Å². The number of nitrogens with zero attached hydrogens (tertiary/aromatic N) is 2. The number of esters is 1. The average Bonchev–Trinajstić information content (AvgIpc) is 2.67. The highest BCUT2D eigenvalue weighted by molar-refractivity contribution is 6.18. The van der Waals surface area contributed by atoms with Crippen LogP contribution in [0.1, 0.15) is 16.6 Å². The number of hydrogen-bond donors (Lipinski definition) is 4. The van der Waals surface area contributed by atoms with Crippen molar-refractivity contribution in [1.82, 2.24) is 9.55 Å². The van der Waals surface area contributed by atoms with Gasteiger partial charge in [-0.3, -0.25) is 4.57 Å². The van der Waals surface area contributed by atoms with Crippen molar-refractivity contribution >= 4 is 23.4 Å². The van der Waals surface area contributed by atoms with Crippen LogP contribution >= 0.6 is 11.6 Å². The van der Waals surface area contributed by atoms with Gasteiger partial charge in [0.1, 0.15) is 11.9 Å². The average molecular weight is 398 g/mol. The van der Waals surface area contributed by atoms with E-state index in [-0.39, 0.29) is 18.3 Å². The summed E-state index contributed by atoms with van der Waals surface area (Å²) >= 11 is 5.80. The molecule has 0 bridgehead atoms. The number of benzene rings is 1. The van der Waals surface area contributed by atoms with Gasteiger partial charge in [0.05, 0.1) is 18.3 Å². The lowest BCUT2D eigenvalue weighted by molar-refractivity contribution is -0.113. The van der Waals surface area contributed by atoms with Crippen molar-refractivity contribution in [3.8, 4) is 0 Å². The maximum absolute atomic E-state index is 12.0. The first-order valence-corrected chi connectivity index (χ1v) is 8.55. The van der Waals surface area contributed by atoms with Gasteiger partial charge in [0.25, 0.3) is 0 Å². The molecule has 9 nitrogen and oxygen atoms in total. The van der Waals surface area contributed by atoms with Crippen molar-refractivity contribution in [2.75, 3.05) is 18.2 Å². The van der Waals surface area contributed by atoms with Crippen LogP contribution in [0.5, 0.6) is 0 Å². The Hall–Kier alpha value is -2.46. The van der Waals surface area contributed by atoms with Crippen LogP contribution in [0.2, 0.25) is 0 Å². The Morgan fingerprint density at radius 2 is 1.85 bits per heavy atom. The third-order valence-corrected chi connectivity index (χ3v) is 4.31. The van der Waals surface area contributed by atoms with E-state index in [0.717, 1.165) is 6.20 Å². The molecule has 0 aliphatic heterocycles. The summed E-state index contributed by atoms with van der Waals surface area (Å²) in [4.78, 5) is 27.1. The fraction of sp³-hybridized carbons (Fsp3) is 0.353. The second-order valence-electron chi connectivity index (χ2n) is 5.82. The zero-order valence-corrected chi connectivity index (χ0v) is 14.9. The first kappa shape index (κ1) is 20.8. The molecule has 1 aromatic heterocycles. The predicted molar refractivity (Wildman–Crippen MR) is 97.1 cm³/mol. The molecule has 0 saturated heterocycles. The summed E-state index contributed by atoms with van der Waals surface area (Å²) in [5.41, 5.74) is 4.79. The van der Waals surface area contributed by atoms with Crippen LogP contribution in [0.3, 0.4) is 0 Å². The van der Waals surface area contributed by atoms with Crippen molar-refractivity contribution in [3.05, 3.63) is 58.6 Å². The van der Waals surface area contributed by atoms with Gasteiger partial charge in [0.2, 0.25) is 0 Å². The molecule has 0 spiro atoms. The summed E-state index contributed by atoms with van der Waals surface area (Å²) in [5, 5.41) is 30.6. The first-order valence-electron chi connectivity index (χ1n) is 8.02. The van der Waals surface area contributed by atoms with E-state index in [9.17, 15) is 24.9 Å². The van der Waals surface area contributed by atoms with Gasteiger partial charge in [-0.1, -0.05) is 18.2 Å². The van der Waals surface area contributed by atoms with E-state index in [1.54, 1.807) is 30.3 Å². The molecule has 5 N–H and O–H groups in total. The number of carbonyl (C=O) groups excluding carboxylic acids is 1. The second kappa shape index (κ2) is 9.47. The van der Waals surface area contributed by atoms with Gasteiger partial charge in [0, 0.05) is 18.0 Å². The molecular weight excluding hydrogens is 378 g/mol. The van der Waals surface area contributed by atoms with Gasteiger partial charge in [0.15, 0.2) is 6.23 Å². The fourth-order valence-electron chi connectivity index (χ4n) is 2.32. The molecule has 0 fully saturated rings. The molecule has 1 heterocycles. The summed E-state index contributed by atoms with van der Waals surface area (Å²) in [6.07, 6.45) is -4.02. The van der Waals surface area contributed by atoms with Crippen LogP contribution in [-0.2, 0) is 4.74 Å². The Morgan fingerprint density at radius 3 is 2.44 bits per heavy atom. The van der Waals surface area contributed by atoms with Gasteiger partial charge in [-0.05, 0) is 18.2 Å². The number of rotatable bonds is 8. The molecule has 27 heavy (non-hydrogen) atoms. The minimum absolute atomic E-state index is 0.0510. The number of hydrogen-bond acceptors (Lipinski definition) is 8. The molecule has 1 aromatic carbocycles. The Labute approximate surface area is 159 Å². The number of aliphatic hydroxyl groups excluding tert-OH is 3. The van der Waals surface area contributed by atoms with E-state index < -0.39 is 36.0 Å². The first-order chi connectivity index (χ1) is 12.8. The number of alkyl halides is 1. The minimum Gasteiger partial charge on any atom is -0.462 e. The monoisotopic (exact) mass is 397 g/mol. The zero-order valence-electron chi connectivity index (χ0n) is 14.2. The van der Waals surface area contributed by atoms with E-state index in [1.807, 2.05) is 0 Å². The van der Waals surface area contributed by atoms with E-state index in [0.29, 0.717) is 10.1 Å². The van der Waals surface area contributed by atoms with E-state index >= 15 is 0 Å². The summed E-state index contributed by atoms with van der Waals surface area (Å²) < 4.78 is 5.82. The topological polar surface area (TPSA) is 148 Å². The van der Waals surface area contributed by atoms with Gasteiger partial charge >= 0.3 is 11.7 Å². The highest BCUT2D eigenvalue weighted by Crippen LogP contribution is 2.18. The number of aliphatic hydroxyl groups is 3. The van der Waals surface area contributed by atoms with Crippen LogP contribution in [0.4, 0.5) is 5.82 Å². The third kappa shape index (κ3) is 5.27. The highest BCUT2D eigenvalue weighted by atomic mass is 35.5. The molecule has 2 aromatic rings. The molecule has 2 rings (SSSR count). The SMILES string of the molecule is Nc1ccn([C@H](O)[C@H](O)[C@H](O)[C@@H](CCl)COC(=O)c2ccccc2)c(=O)n1. The van der Waals surface area contributed by atoms with Crippen molar-refractivity contribution in [1.29, 1.82) is 0 Å². The lowest BCUT2D eigenvalue weighted by atomic mass is 9.99. The molecule has 4 atom stereocenters. The second-order valence-corrected chi connectivity index (χ2v) is 6.12. The van der Waals surface area contributed by atoms with Crippen molar-refractivity contribution < 1.29 is 24.9 Å². The van der Waals surface area contributed by atoms with Gasteiger partial charge in [-0.25, -0.2) is 9.59 Å². The van der Waals surface area contributed by atoms with Gasteiger partial charge < -0.3 is 25.8 Å². The van der Waals surface area contributed by atoms with Gasteiger partial charge in [-0.2, -0.15) is 4.98 Å². The highest BCUT2D eigenvalue weighted by Gasteiger charge is 2.33. The number of anilines is 1. The van der Waals surface area contributed by atoms with Crippen LogP contribution in [0.25, 0.3) is 0 Å². The number of nitrogens with two attached hydrogens (primary N) is 1.